The highest BCUT2D eigenvalue weighted by Gasteiger charge is 2.44. The second-order valence-electron chi connectivity index (χ2n) is 6.15. The monoisotopic (exact) mass is 389 g/mol. The molecule has 0 heterocycles. The second-order valence-corrected chi connectivity index (χ2v) is 7.63. The van der Waals surface area contributed by atoms with Crippen LogP contribution in [0.4, 0.5) is 4.39 Å². The van der Waals surface area contributed by atoms with Crippen LogP contribution in [-0.2, 0) is 14.3 Å². The van der Waals surface area contributed by atoms with E-state index in [1.54, 1.807) is 12.1 Å². The second kappa shape index (κ2) is 10.5. The van der Waals surface area contributed by atoms with Crippen molar-refractivity contribution in [3.8, 4) is 0 Å². The number of ether oxygens (including phenoxy) is 1. The van der Waals surface area contributed by atoms with Gasteiger partial charge in [-0.1, -0.05) is 63.2 Å². The van der Waals surface area contributed by atoms with E-state index in [2.05, 4.69) is 18.7 Å². The van der Waals surface area contributed by atoms with E-state index >= 15 is 0 Å². The Bertz CT molecular complexity index is 704. The lowest BCUT2D eigenvalue weighted by atomic mass is 9.90. The van der Waals surface area contributed by atoms with E-state index in [-0.39, 0.29) is 11.8 Å². The van der Waals surface area contributed by atoms with Crippen LogP contribution < -0.4 is 0 Å². The number of nitrogens with zero attached hydrogens (tertiary/aromatic N) is 1. The zero-order chi connectivity index (χ0) is 19.7. The number of esters is 1. The van der Waals surface area contributed by atoms with E-state index in [1.807, 2.05) is 37.3 Å². The quantitative estimate of drug-likeness (QED) is 0.551. The standard InChI is InChI=1S/C22H28FNO2S/c1-4-24(5-2)16-17-26-21(25)22(27-6-3,18-10-8-7-9-11-18)19-12-14-20(23)15-13-19/h7-15H,4-6,16-17H2,1-3H3. The first-order valence-corrected chi connectivity index (χ1v) is 10.4. The third-order valence-corrected chi connectivity index (χ3v) is 5.97. The molecule has 2 rings (SSSR count). The van der Waals surface area contributed by atoms with Crippen LogP contribution in [0, 0.1) is 5.82 Å². The smallest absolute Gasteiger partial charge is 0.331 e. The molecule has 0 aliphatic rings. The van der Waals surface area contributed by atoms with Gasteiger partial charge in [-0.2, -0.15) is 0 Å². The average Bonchev–Trinajstić information content (AvgIpc) is 2.70. The van der Waals surface area contributed by atoms with E-state index in [1.165, 1.54) is 23.9 Å². The van der Waals surface area contributed by atoms with Gasteiger partial charge in [-0.15, -0.1) is 11.8 Å². The molecule has 1 unspecified atom stereocenters. The first kappa shape index (κ1) is 21.5. The summed E-state index contributed by atoms with van der Waals surface area (Å²) in [5.41, 5.74) is 1.58. The fourth-order valence-corrected chi connectivity index (χ4v) is 4.33. The molecule has 146 valence electrons. The number of thioether (sulfide) groups is 1. The minimum atomic E-state index is -1.01. The summed E-state index contributed by atoms with van der Waals surface area (Å²) in [7, 11) is 0. The molecule has 0 saturated heterocycles. The van der Waals surface area contributed by atoms with Gasteiger partial charge >= 0.3 is 5.97 Å². The molecular weight excluding hydrogens is 361 g/mol. The van der Waals surface area contributed by atoms with E-state index in [4.69, 9.17) is 4.74 Å². The van der Waals surface area contributed by atoms with Crippen molar-refractivity contribution in [2.75, 3.05) is 32.0 Å². The minimum Gasteiger partial charge on any atom is -0.463 e. The fraction of sp³-hybridized carbons (Fsp3) is 0.409. The molecule has 1 atom stereocenters. The van der Waals surface area contributed by atoms with Crippen LogP contribution in [-0.4, -0.2) is 42.9 Å². The topological polar surface area (TPSA) is 29.5 Å². The van der Waals surface area contributed by atoms with Crippen molar-refractivity contribution in [1.82, 2.24) is 4.90 Å². The van der Waals surface area contributed by atoms with Crippen molar-refractivity contribution < 1.29 is 13.9 Å². The summed E-state index contributed by atoms with van der Waals surface area (Å²) < 4.78 is 18.2. The summed E-state index contributed by atoms with van der Waals surface area (Å²) in [5, 5.41) is 0. The van der Waals surface area contributed by atoms with Crippen molar-refractivity contribution in [3.05, 3.63) is 71.5 Å². The molecule has 0 aliphatic heterocycles. The van der Waals surface area contributed by atoms with E-state index in [0.29, 0.717) is 13.2 Å². The van der Waals surface area contributed by atoms with Crippen LogP contribution in [0.2, 0.25) is 0 Å². The van der Waals surface area contributed by atoms with Gasteiger partial charge in [-0.05, 0) is 42.1 Å². The molecule has 0 amide bonds. The first-order chi connectivity index (χ1) is 13.1. The van der Waals surface area contributed by atoms with Crippen LogP contribution in [0.5, 0.6) is 0 Å². The van der Waals surface area contributed by atoms with E-state index in [0.717, 1.165) is 30.0 Å². The maximum absolute atomic E-state index is 13.5. The number of likely N-dealkylation sites (N-methyl/N-ethyl adjacent to an activating group) is 1. The minimum absolute atomic E-state index is 0.306. The van der Waals surface area contributed by atoms with E-state index in [9.17, 15) is 9.18 Å². The summed E-state index contributed by atoms with van der Waals surface area (Å²) in [4.78, 5) is 15.6. The Balaban J connectivity index is 2.38. The molecule has 2 aromatic rings. The molecule has 0 aromatic heterocycles. The third kappa shape index (κ3) is 5.11. The zero-order valence-electron chi connectivity index (χ0n) is 16.3. The lowest BCUT2D eigenvalue weighted by molar-refractivity contribution is -0.146. The Hall–Kier alpha value is -1.85. The molecule has 5 heteroatoms. The molecule has 27 heavy (non-hydrogen) atoms. The molecule has 0 bridgehead atoms. The van der Waals surface area contributed by atoms with Crippen molar-refractivity contribution in [3.63, 3.8) is 0 Å². The van der Waals surface area contributed by atoms with Crippen molar-refractivity contribution in [2.24, 2.45) is 0 Å². The number of hydrogen-bond donors (Lipinski definition) is 0. The van der Waals surface area contributed by atoms with Crippen LogP contribution >= 0.6 is 11.8 Å². The van der Waals surface area contributed by atoms with Crippen LogP contribution in [0.15, 0.2) is 54.6 Å². The molecule has 0 radical (unpaired) electrons. The van der Waals surface area contributed by atoms with Gasteiger partial charge in [0.25, 0.3) is 0 Å². The van der Waals surface area contributed by atoms with Gasteiger partial charge < -0.3 is 9.64 Å². The summed E-state index contributed by atoms with van der Waals surface area (Å²) in [5.74, 6) is 0.0913. The molecule has 0 fully saturated rings. The number of halogens is 1. The predicted octanol–water partition coefficient (Wildman–Crippen LogP) is 4.71. The molecule has 0 saturated carbocycles. The highest BCUT2D eigenvalue weighted by Crippen LogP contribution is 2.44. The predicted molar refractivity (Wildman–Crippen MR) is 111 cm³/mol. The Labute approximate surface area is 165 Å². The lowest BCUT2D eigenvalue weighted by Crippen LogP contribution is -2.38. The number of hydrogen-bond acceptors (Lipinski definition) is 4. The van der Waals surface area contributed by atoms with Crippen LogP contribution in [0.25, 0.3) is 0 Å². The van der Waals surface area contributed by atoms with Crippen molar-refractivity contribution in [1.29, 1.82) is 0 Å². The molecular formula is C22H28FNO2S. The van der Waals surface area contributed by atoms with Crippen molar-refractivity contribution in [2.45, 2.75) is 25.5 Å². The fourth-order valence-electron chi connectivity index (χ4n) is 3.11. The summed E-state index contributed by atoms with van der Waals surface area (Å²) in [6, 6.07) is 15.7. The number of benzene rings is 2. The number of carbonyl (C=O) groups is 1. The van der Waals surface area contributed by atoms with Gasteiger partial charge in [0.15, 0.2) is 4.75 Å². The summed E-state index contributed by atoms with van der Waals surface area (Å²) in [6.45, 7) is 9.05. The molecule has 3 nitrogen and oxygen atoms in total. The normalized spacial score (nSPS) is 13.4. The Morgan fingerprint density at radius 3 is 2.15 bits per heavy atom. The SMILES string of the molecule is CCSC(C(=O)OCCN(CC)CC)(c1ccccc1)c1ccc(F)cc1. The Kier molecular flexibility index (Phi) is 8.32. The Morgan fingerprint density at radius 2 is 1.59 bits per heavy atom. The largest absolute Gasteiger partial charge is 0.463 e. The zero-order valence-corrected chi connectivity index (χ0v) is 17.1. The highest BCUT2D eigenvalue weighted by atomic mass is 32.2. The molecule has 0 aliphatic carbocycles. The van der Waals surface area contributed by atoms with Crippen LogP contribution in [0.1, 0.15) is 31.9 Å². The molecule has 0 N–H and O–H groups in total. The maximum Gasteiger partial charge on any atom is 0.331 e. The van der Waals surface area contributed by atoms with Crippen molar-refractivity contribution >= 4 is 17.7 Å². The van der Waals surface area contributed by atoms with Gasteiger partial charge in [0, 0.05) is 6.54 Å². The molecule has 2 aromatic carbocycles. The number of rotatable bonds is 10. The van der Waals surface area contributed by atoms with Gasteiger partial charge in [-0.3, -0.25) is 0 Å². The average molecular weight is 390 g/mol. The van der Waals surface area contributed by atoms with E-state index < -0.39 is 4.75 Å². The van der Waals surface area contributed by atoms with Gasteiger partial charge in [0.05, 0.1) is 0 Å². The maximum atomic E-state index is 13.5. The Morgan fingerprint density at radius 1 is 1.00 bits per heavy atom. The highest BCUT2D eigenvalue weighted by molar-refractivity contribution is 8.01. The van der Waals surface area contributed by atoms with Gasteiger partial charge in [0.2, 0.25) is 0 Å². The lowest BCUT2D eigenvalue weighted by Gasteiger charge is -2.32. The third-order valence-electron chi connectivity index (χ3n) is 4.61. The van der Waals surface area contributed by atoms with Gasteiger partial charge in [-0.25, -0.2) is 9.18 Å². The number of carbonyl (C=O) groups excluding carboxylic acids is 1. The van der Waals surface area contributed by atoms with Crippen LogP contribution in [0.3, 0.4) is 0 Å². The molecule has 0 spiro atoms. The first-order valence-electron chi connectivity index (χ1n) is 9.43. The summed E-state index contributed by atoms with van der Waals surface area (Å²) in [6.07, 6.45) is 0. The van der Waals surface area contributed by atoms with Gasteiger partial charge in [0.1, 0.15) is 12.4 Å². The summed E-state index contributed by atoms with van der Waals surface area (Å²) >= 11 is 1.50.